The van der Waals surface area contributed by atoms with Crippen molar-refractivity contribution in [1.82, 2.24) is 20.1 Å². The van der Waals surface area contributed by atoms with Crippen LogP contribution in [-0.2, 0) is 16.4 Å². The molecule has 1 fully saturated rings. The van der Waals surface area contributed by atoms with E-state index in [0.29, 0.717) is 5.69 Å². The predicted molar refractivity (Wildman–Crippen MR) is 92.2 cm³/mol. The Kier molecular flexibility index (Phi) is 5.47. The van der Waals surface area contributed by atoms with Crippen LogP contribution in [-0.4, -0.2) is 48.1 Å². The fourth-order valence-electron chi connectivity index (χ4n) is 2.91. The summed E-state index contributed by atoms with van der Waals surface area (Å²) in [5, 5.41) is 5.73. The Bertz CT molecular complexity index is 720. The van der Waals surface area contributed by atoms with Crippen molar-refractivity contribution in [2.24, 2.45) is 0 Å². The van der Waals surface area contributed by atoms with Crippen LogP contribution in [0.15, 0.2) is 35.7 Å². The van der Waals surface area contributed by atoms with Gasteiger partial charge in [-0.05, 0) is 50.0 Å². The summed E-state index contributed by atoms with van der Waals surface area (Å²) in [7, 11) is -3.70. The van der Waals surface area contributed by atoms with Gasteiger partial charge in [0.15, 0.2) is 0 Å². The fourth-order valence-corrected chi connectivity index (χ4v) is 3.82. The fraction of sp³-hybridized carbons (Fsp3) is 0.500. The first-order valence-corrected chi connectivity index (χ1v) is 9.81. The molecule has 0 radical (unpaired) electrons. The summed E-state index contributed by atoms with van der Waals surface area (Å²) in [6, 6.07) is 7.50. The van der Waals surface area contributed by atoms with Gasteiger partial charge in [0.1, 0.15) is 6.33 Å². The van der Waals surface area contributed by atoms with Gasteiger partial charge in [-0.2, -0.15) is 13.5 Å². The normalized spacial score (nSPS) is 16.7. The molecule has 3 rings (SSSR count). The Balaban J connectivity index is 1.55. The van der Waals surface area contributed by atoms with Gasteiger partial charge in [0.2, 0.25) is 0 Å². The molecule has 0 spiro atoms. The van der Waals surface area contributed by atoms with E-state index in [1.54, 1.807) is 12.1 Å². The van der Waals surface area contributed by atoms with Crippen LogP contribution >= 0.6 is 0 Å². The molecule has 0 aliphatic carbocycles. The smallest absolute Gasteiger partial charge is 0.297 e. The summed E-state index contributed by atoms with van der Waals surface area (Å²) in [6.07, 6.45) is 7.42. The first-order chi connectivity index (χ1) is 11.6. The lowest BCUT2D eigenvalue weighted by Gasteiger charge is -2.19. The third kappa shape index (κ3) is 4.55. The van der Waals surface area contributed by atoms with Crippen molar-refractivity contribution >= 4 is 15.7 Å². The van der Waals surface area contributed by atoms with Gasteiger partial charge in [0.25, 0.3) is 15.2 Å². The minimum absolute atomic E-state index is 0.187. The Morgan fingerprint density at radius 3 is 2.42 bits per heavy atom. The van der Waals surface area contributed by atoms with Crippen LogP contribution in [0.2, 0.25) is 0 Å². The maximum absolute atomic E-state index is 12.1. The van der Waals surface area contributed by atoms with Crippen molar-refractivity contribution in [3.8, 4) is 0 Å². The van der Waals surface area contributed by atoms with Crippen LogP contribution in [0, 0.1) is 0 Å². The molecule has 1 aliphatic rings. The Hall–Kier alpha value is -1.93. The van der Waals surface area contributed by atoms with Crippen LogP contribution in [0.1, 0.15) is 31.2 Å². The van der Waals surface area contributed by atoms with Crippen molar-refractivity contribution in [2.45, 2.75) is 37.3 Å². The monoisotopic (exact) mass is 349 g/mol. The third-order valence-electron chi connectivity index (χ3n) is 4.27. The van der Waals surface area contributed by atoms with Crippen LogP contribution in [0.4, 0.5) is 5.69 Å². The van der Waals surface area contributed by atoms with Crippen molar-refractivity contribution in [1.29, 1.82) is 0 Å². The number of H-pyrrole nitrogens is 1. The second-order valence-corrected chi connectivity index (χ2v) is 7.70. The number of benzene rings is 1. The Morgan fingerprint density at radius 1 is 1.08 bits per heavy atom. The van der Waals surface area contributed by atoms with Crippen molar-refractivity contribution in [2.75, 3.05) is 24.4 Å². The summed E-state index contributed by atoms with van der Waals surface area (Å²) >= 11 is 0. The van der Waals surface area contributed by atoms with E-state index >= 15 is 0 Å². The molecule has 1 aromatic heterocycles. The molecule has 0 unspecified atom stereocenters. The lowest BCUT2D eigenvalue weighted by molar-refractivity contribution is 0.289. The number of aromatic nitrogens is 3. The van der Waals surface area contributed by atoms with Crippen LogP contribution < -0.4 is 4.72 Å². The number of hydrogen-bond acceptors (Lipinski definition) is 5. The molecule has 0 bridgehead atoms. The Labute approximate surface area is 142 Å². The average molecular weight is 349 g/mol. The number of nitrogens with one attached hydrogen (secondary N) is 2. The zero-order chi connectivity index (χ0) is 16.8. The van der Waals surface area contributed by atoms with Crippen LogP contribution in [0.3, 0.4) is 0 Å². The van der Waals surface area contributed by atoms with Gasteiger partial charge < -0.3 is 4.90 Å². The van der Waals surface area contributed by atoms with E-state index in [1.807, 2.05) is 12.1 Å². The number of hydrogen-bond donors (Lipinski definition) is 2. The van der Waals surface area contributed by atoms with E-state index in [0.717, 1.165) is 13.0 Å². The number of sulfonamides is 1. The quantitative estimate of drug-likeness (QED) is 0.832. The molecular weight excluding hydrogens is 326 g/mol. The van der Waals surface area contributed by atoms with Gasteiger partial charge in [0.05, 0.1) is 0 Å². The van der Waals surface area contributed by atoms with E-state index < -0.39 is 10.0 Å². The number of likely N-dealkylation sites (tertiary alicyclic amines) is 1. The van der Waals surface area contributed by atoms with Crippen LogP contribution in [0.5, 0.6) is 0 Å². The van der Waals surface area contributed by atoms with Gasteiger partial charge in [-0.15, -0.1) is 0 Å². The minimum Gasteiger partial charge on any atom is -0.303 e. The van der Waals surface area contributed by atoms with E-state index in [4.69, 9.17) is 0 Å². The van der Waals surface area contributed by atoms with Crippen molar-refractivity contribution in [3.63, 3.8) is 0 Å². The highest BCUT2D eigenvalue weighted by Gasteiger charge is 2.17. The summed E-state index contributed by atoms with van der Waals surface area (Å²) in [4.78, 5) is 6.19. The molecule has 130 valence electrons. The van der Waals surface area contributed by atoms with Crippen molar-refractivity contribution < 1.29 is 8.42 Å². The predicted octanol–water partition coefficient (Wildman–Crippen LogP) is 2.02. The molecule has 1 saturated heterocycles. The van der Waals surface area contributed by atoms with E-state index in [9.17, 15) is 8.42 Å². The largest absolute Gasteiger partial charge is 0.303 e. The van der Waals surface area contributed by atoms with Crippen LogP contribution in [0.25, 0.3) is 0 Å². The number of anilines is 1. The highest BCUT2D eigenvalue weighted by Crippen LogP contribution is 2.15. The average Bonchev–Trinajstić information content (AvgIpc) is 3.00. The van der Waals surface area contributed by atoms with Gasteiger partial charge in [-0.25, -0.2) is 10.1 Å². The second-order valence-electron chi connectivity index (χ2n) is 6.10. The molecule has 24 heavy (non-hydrogen) atoms. The zero-order valence-corrected chi connectivity index (χ0v) is 14.4. The molecule has 8 heteroatoms. The van der Waals surface area contributed by atoms with Gasteiger partial charge in [0, 0.05) is 12.2 Å². The molecular formula is C16H23N5O2S. The summed E-state index contributed by atoms with van der Waals surface area (Å²) in [6.45, 7) is 3.44. The minimum atomic E-state index is -3.70. The summed E-state index contributed by atoms with van der Waals surface area (Å²) in [5.74, 6) is 0. The zero-order valence-electron chi connectivity index (χ0n) is 13.6. The number of rotatable bonds is 6. The molecule has 2 aromatic rings. The molecule has 0 saturated carbocycles. The molecule has 1 aromatic carbocycles. The third-order valence-corrected chi connectivity index (χ3v) is 5.48. The number of nitrogens with zero attached hydrogens (tertiary/aromatic N) is 3. The van der Waals surface area contributed by atoms with E-state index in [2.05, 4.69) is 24.8 Å². The van der Waals surface area contributed by atoms with E-state index in [1.165, 1.54) is 50.7 Å². The lowest BCUT2D eigenvalue weighted by Crippen LogP contribution is -2.26. The van der Waals surface area contributed by atoms with Gasteiger partial charge in [-0.3, -0.25) is 4.72 Å². The first kappa shape index (κ1) is 16.9. The molecule has 0 amide bonds. The lowest BCUT2D eigenvalue weighted by atomic mass is 10.1. The SMILES string of the molecule is O=S(=O)(Nc1ccc(CCN2CCCCCC2)cc1)c1ncn[nH]1. The maximum Gasteiger partial charge on any atom is 0.297 e. The highest BCUT2D eigenvalue weighted by atomic mass is 32.2. The summed E-state index contributed by atoms with van der Waals surface area (Å²) in [5.41, 5.74) is 1.73. The molecule has 7 nitrogen and oxygen atoms in total. The van der Waals surface area contributed by atoms with E-state index in [-0.39, 0.29) is 5.16 Å². The van der Waals surface area contributed by atoms with Gasteiger partial charge >= 0.3 is 0 Å². The maximum atomic E-state index is 12.1. The first-order valence-electron chi connectivity index (χ1n) is 8.33. The highest BCUT2D eigenvalue weighted by molar-refractivity contribution is 7.92. The number of aromatic amines is 1. The Morgan fingerprint density at radius 2 is 1.79 bits per heavy atom. The molecule has 2 heterocycles. The second kappa shape index (κ2) is 7.76. The molecule has 1 aliphatic heterocycles. The standard InChI is InChI=1S/C16H23N5O2S/c22-24(23,16-17-13-18-19-16)20-15-7-5-14(6-8-15)9-12-21-10-3-1-2-4-11-21/h5-8,13,20H,1-4,9-12H2,(H,17,18,19). The van der Waals surface area contributed by atoms with Gasteiger partial charge in [-0.1, -0.05) is 25.0 Å². The molecule has 0 atom stereocenters. The van der Waals surface area contributed by atoms with Crippen molar-refractivity contribution in [3.05, 3.63) is 36.2 Å². The molecule has 2 N–H and O–H groups in total. The topological polar surface area (TPSA) is 91.0 Å². The summed E-state index contributed by atoms with van der Waals surface area (Å²) < 4.78 is 26.6.